The van der Waals surface area contributed by atoms with Crippen LogP contribution in [0.1, 0.15) is 0 Å². The van der Waals surface area contributed by atoms with Gasteiger partial charge in [0.15, 0.2) is 41.9 Å². The van der Waals surface area contributed by atoms with E-state index in [0.717, 1.165) is 31.8 Å². The van der Waals surface area contributed by atoms with E-state index in [0.29, 0.717) is 15.4 Å². The van der Waals surface area contributed by atoms with E-state index in [1.165, 1.54) is 0 Å². The van der Waals surface area contributed by atoms with Crippen LogP contribution >= 0.6 is 21.6 Å². The van der Waals surface area contributed by atoms with Crippen LogP contribution in [0.15, 0.2) is 243 Å². The summed E-state index contributed by atoms with van der Waals surface area (Å²) in [5, 5.41) is 5.63. The average molecular weight is 1170 g/mol. The molecule has 0 N–H and O–H groups in total. The molecule has 0 heterocycles. The van der Waals surface area contributed by atoms with Crippen molar-refractivity contribution in [2.75, 3.05) is 0 Å². The highest BCUT2D eigenvalue weighted by Gasteiger charge is 2.71. The predicted octanol–water partition coefficient (Wildman–Crippen LogP) is 9.61. The van der Waals surface area contributed by atoms with Gasteiger partial charge in [0.2, 0.25) is 0 Å². The van der Waals surface area contributed by atoms with Crippen molar-refractivity contribution in [2.45, 2.75) is 16.5 Å². The van der Waals surface area contributed by atoms with Gasteiger partial charge in [0, 0.05) is 10.6 Å². The van der Waals surface area contributed by atoms with Crippen molar-refractivity contribution in [1.82, 2.24) is 0 Å². The SMILES string of the molecule is O=S(=O)(OP(=C([P+](c1ccccc1)(c1ccccc1)c1ccccc1)[P+](c1ccccc1)(c1ccccc1)c1ccccc1)(c1ccccc1)c1ccccc1)C(F)(F)F.O=S(=O)([O-])C(F)(F)F.O=S(=O)([O-])C(F)(F)F. The van der Waals surface area contributed by atoms with Crippen molar-refractivity contribution in [3.63, 3.8) is 0 Å². The van der Waals surface area contributed by atoms with E-state index in [2.05, 4.69) is 0 Å². The summed E-state index contributed by atoms with van der Waals surface area (Å²) in [4.78, 5) is 0. The fraction of sp³-hybridized carbons (Fsp3) is 0.0577. The van der Waals surface area contributed by atoms with E-state index in [4.69, 9.17) is 29.9 Å². The van der Waals surface area contributed by atoms with Gasteiger partial charge in [0.25, 0.3) is 4.78 Å². The summed E-state index contributed by atoms with van der Waals surface area (Å²) < 4.78 is 200. The third-order valence-electron chi connectivity index (χ3n) is 11.0. The zero-order chi connectivity index (χ0) is 55.7. The molecule has 8 aromatic carbocycles. The number of hydrogen-bond donors (Lipinski definition) is 0. The van der Waals surface area contributed by atoms with E-state index in [1.807, 2.05) is 182 Å². The molecule has 0 saturated heterocycles. The van der Waals surface area contributed by atoms with Crippen molar-refractivity contribution >= 4 is 99.2 Å². The Kier molecular flexibility index (Phi) is 18.5. The summed E-state index contributed by atoms with van der Waals surface area (Å²) in [6, 6.07) is 76.7. The minimum atomic E-state index is -6.35. The Balaban J connectivity index is 0.000000508. The first-order chi connectivity index (χ1) is 35.7. The summed E-state index contributed by atoms with van der Waals surface area (Å²) in [7, 11) is -30.3. The van der Waals surface area contributed by atoms with E-state index >= 15 is 13.2 Å². The number of benzene rings is 8. The van der Waals surface area contributed by atoms with Gasteiger partial charge >= 0.3 is 26.6 Å². The van der Waals surface area contributed by atoms with Gasteiger partial charge in [-0.15, -0.1) is 0 Å². The van der Waals surface area contributed by atoms with Crippen molar-refractivity contribution < 1.29 is 77.8 Å². The lowest BCUT2D eigenvalue weighted by atomic mass is 10.4. The van der Waals surface area contributed by atoms with Crippen LogP contribution in [0, 0.1) is 0 Å². The summed E-state index contributed by atoms with van der Waals surface area (Å²) in [5.41, 5.74) is -17.1. The lowest BCUT2D eigenvalue weighted by molar-refractivity contribution is -0.0522. The molecule has 398 valence electrons. The fourth-order valence-corrected chi connectivity index (χ4v) is 30.7. The molecule has 8 rings (SSSR count). The lowest BCUT2D eigenvalue weighted by Crippen LogP contribution is -2.47. The molecule has 0 aliphatic rings. The van der Waals surface area contributed by atoms with Gasteiger partial charge in [-0.1, -0.05) is 170 Å². The molecular formula is C52H40F9O9P3S3. The first kappa shape index (κ1) is 59.3. The Hall–Kier alpha value is -5.98. The van der Waals surface area contributed by atoms with Crippen LogP contribution in [0.25, 0.3) is 0 Å². The number of alkyl halides is 9. The Labute approximate surface area is 434 Å². The number of rotatable bonds is 12. The molecular weight excluding hydrogens is 1130 g/mol. The molecule has 0 radical (unpaired) electrons. The van der Waals surface area contributed by atoms with E-state index in [9.17, 15) is 34.8 Å². The molecule has 0 spiro atoms. The summed E-state index contributed by atoms with van der Waals surface area (Å²) in [6.07, 6.45) is 0. The molecule has 0 amide bonds. The Morgan fingerprint density at radius 1 is 0.329 bits per heavy atom. The van der Waals surface area contributed by atoms with Crippen LogP contribution in [0.5, 0.6) is 0 Å². The van der Waals surface area contributed by atoms with E-state index < -0.39 is 68.5 Å². The van der Waals surface area contributed by atoms with Crippen LogP contribution in [0.3, 0.4) is 0 Å². The van der Waals surface area contributed by atoms with Gasteiger partial charge in [0.05, 0.1) is 0 Å². The summed E-state index contributed by atoms with van der Waals surface area (Å²) in [6.45, 7) is 0. The second-order valence-corrected chi connectivity index (χ2v) is 30.9. The quantitative estimate of drug-likeness (QED) is 0.0503. The highest BCUT2D eigenvalue weighted by molar-refractivity contribution is 8.39. The molecule has 0 aromatic heterocycles. The molecule has 0 bridgehead atoms. The Morgan fingerprint density at radius 2 is 0.500 bits per heavy atom. The fourth-order valence-electron chi connectivity index (χ4n) is 8.11. The first-order valence-electron chi connectivity index (χ1n) is 21.7. The molecule has 0 atom stereocenters. The average Bonchev–Trinajstić information content (AvgIpc) is 3.53. The third-order valence-corrected chi connectivity index (χ3v) is 30.0. The van der Waals surface area contributed by atoms with Gasteiger partial charge in [-0.3, -0.25) is 0 Å². The van der Waals surface area contributed by atoms with Gasteiger partial charge in [0.1, 0.15) is 31.8 Å². The molecule has 0 aliphatic carbocycles. The number of halogens is 9. The molecule has 9 nitrogen and oxygen atoms in total. The van der Waals surface area contributed by atoms with Gasteiger partial charge in [-0.05, 0) is 72.8 Å². The van der Waals surface area contributed by atoms with Crippen LogP contribution in [-0.4, -0.2) is 55.7 Å². The van der Waals surface area contributed by atoms with Crippen molar-refractivity contribution in [3.05, 3.63) is 243 Å². The monoisotopic (exact) mass is 1170 g/mol. The summed E-state index contributed by atoms with van der Waals surface area (Å²) in [5.74, 6) is 0. The molecule has 0 aliphatic heterocycles. The second kappa shape index (κ2) is 23.7. The zero-order valence-corrected chi connectivity index (χ0v) is 43.9. The maximum Gasteiger partial charge on any atom is 0.523 e. The van der Waals surface area contributed by atoms with Crippen molar-refractivity contribution in [2.24, 2.45) is 0 Å². The molecule has 24 heteroatoms. The Morgan fingerprint density at radius 3 is 0.658 bits per heavy atom. The second-order valence-electron chi connectivity index (χ2n) is 15.7. The molecule has 0 fully saturated rings. The summed E-state index contributed by atoms with van der Waals surface area (Å²) >= 11 is 0. The lowest BCUT2D eigenvalue weighted by Gasteiger charge is -2.41. The van der Waals surface area contributed by atoms with Gasteiger partial charge < -0.3 is 9.11 Å². The van der Waals surface area contributed by atoms with Crippen LogP contribution in [0.4, 0.5) is 39.5 Å². The highest BCUT2D eigenvalue weighted by atomic mass is 32.2. The Bertz CT molecular complexity index is 3170. The van der Waals surface area contributed by atoms with Crippen molar-refractivity contribution in [1.29, 1.82) is 0 Å². The molecule has 0 unspecified atom stereocenters. The maximum atomic E-state index is 15.5. The maximum absolute atomic E-state index is 15.5. The van der Waals surface area contributed by atoms with E-state index in [1.54, 1.807) is 60.7 Å². The molecule has 76 heavy (non-hydrogen) atoms. The van der Waals surface area contributed by atoms with Crippen LogP contribution in [-0.2, 0) is 34.3 Å². The predicted molar refractivity (Wildman–Crippen MR) is 282 cm³/mol. The van der Waals surface area contributed by atoms with Crippen LogP contribution in [0.2, 0.25) is 0 Å². The van der Waals surface area contributed by atoms with Crippen LogP contribution < -0.4 is 42.4 Å². The first-order valence-corrected chi connectivity index (χ1v) is 31.3. The highest BCUT2D eigenvalue weighted by Crippen LogP contribution is 2.80. The molecule has 0 saturated carbocycles. The zero-order valence-electron chi connectivity index (χ0n) is 38.7. The van der Waals surface area contributed by atoms with E-state index in [-0.39, 0.29) is 0 Å². The van der Waals surface area contributed by atoms with Gasteiger partial charge in [-0.25, -0.2) is 20.8 Å². The van der Waals surface area contributed by atoms with Gasteiger partial charge in [-0.2, -0.15) is 47.9 Å². The third kappa shape index (κ3) is 12.4. The topological polar surface area (TPSA) is 158 Å². The largest absolute Gasteiger partial charge is 0.741 e. The smallest absolute Gasteiger partial charge is 0.523 e. The molecule has 8 aromatic rings. The standard InChI is InChI=1S/C50H40F3O3P3S.2CHF3O3S/c51-50(52,53)60(54,55)56-59(47-37-21-7-22-38-47,48-39-23-8-24-40-48)49(57(41-25-9-1-10-26-41,42-27-11-2-12-28-42)43-29-13-3-14-30-43)58(44-31-15-4-16-32-44,45-33-17-5-18-34-45)46-35-19-6-20-36-46;2*2-1(3,4)8(5,6)7/h1-40H;2*(H,5,6,7)/q+2;;/p-2. The number of hydrogen-bond acceptors (Lipinski definition) is 9. The normalized spacial score (nSPS) is 12.8. The minimum absolute atomic E-state index is 0.332. The van der Waals surface area contributed by atoms with Crippen molar-refractivity contribution in [3.8, 4) is 0 Å². The minimum Gasteiger partial charge on any atom is -0.741 e.